The third-order valence-electron chi connectivity index (χ3n) is 2.66. The zero-order chi connectivity index (χ0) is 11.4. The molecule has 1 unspecified atom stereocenters. The average molecular weight is 223 g/mol. The summed E-state index contributed by atoms with van der Waals surface area (Å²) in [4.78, 5) is 11.7. The van der Waals surface area contributed by atoms with Gasteiger partial charge in [0.25, 0.3) is 0 Å². The number of hydrogen-bond donors (Lipinski definition) is 1. The molecule has 0 bridgehead atoms. The zero-order valence-corrected chi connectivity index (χ0v) is 8.91. The second kappa shape index (κ2) is 5.07. The molecule has 86 valence electrons. The molecular weight excluding hydrogens is 209 g/mol. The molecule has 1 saturated heterocycles. The Balaban J connectivity index is 1.93. The van der Waals surface area contributed by atoms with Crippen molar-refractivity contribution in [3.8, 4) is 5.75 Å². The summed E-state index contributed by atoms with van der Waals surface area (Å²) in [6.07, 6.45) is 1.84. The number of piperidine rings is 1. The summed E-state index contributed by atoms with van der Waals surface area (Å²) in [6, 6.07) is 5.48. The highest BCUT2D eigenvalue weighted by Crippen LogP contribution is 2.16. The minimum absolute atomic E-state index is 0.0844. The lowest BCUT2D eigenvalue weighted by Gasteiger charge is -2.20. The van der Waals surface area contributed by atoms with Crippen LogP contribution in [0.25, 0.3) is 0 Å². The molecule has 1 atom stereocenters. The third kappa shape index (κ3) is 2.79. The van der Waals surface area contributed by atoms with Crippen LogP contribution in [0.1, 0.15) is 12.8 Å². The van der Waals surface area contributed by atoms with Gasteiger partial charge in [-0.25, -0.2) is 4.39 Å². The summed E-state index contributed by atoms with van der Waals surface area (Å²) in [6.45, 7) is 1.63. The van der Waals surface area contributed by atoms with E-state index in [0.717, 1.165) is 19.4 Å². The molecule has 0 saturated carbocycles. The summed E-state index contributed by atoms with van der Waals surface area (Å²) in [7, 11) is 0. The van der Waals surface area contributed by atoms with Crippen molar-refractivity contribution in [3.63, 3.8) is 0 Å². The first-order valence-corrected chi connectivity index (χ1v) is 5.44. The Bertz CT molecular complexity index is 358. The van der Waals surface area contributed by atoms with E-state index in [0.29, 0.717) is 12.3 Å². The van der Waals surface area contributed by atoms with E-state index in [9.17, 15) is 9.18 Å². The maximum Gasteiger partial charge on any atom is 0.315 e. The highest BCUT2D eigenvalue weighted by atomic mass is 19.1. The van der Waals surface area contributed by atoms with Crippen LogP contribution >= 0.6 is 0 Å². The number of carbonyl (C=O) groups is 1. The van der Waals surface area contributed by atoms with Crippen molar-refractivity contribution in [2.45, 2.75) is 12.8 Å². The second-order valence-corrected chi connectivity index (χ2v) is 3.92. The van der Waals surface area contributed by atoms with Gasteiger partial charge in [0, 0.05) is 6.54 Å². The van der Waals surface area contributed by atoms with Crippen LogP contribution in [0.4, 0.5) is 4.39 Å². The van der Waals surface area contributed by atoms with E-state index in [4.69, 9.17) is 4.74 Å². The van der Waals surface area contributed by atoms with Crippen molar-refractivity contribution in [3.05, 3.63) is 30.1 Å². The minimum Gasteiger partial charge on any atom is -0.426 e. The molecule has 1 aliphatic rings. The first-order valence-electron chi connectivity index (χ1n) is 5.44. The number of halogens is 1. The fourth-order valence-corrected chi connectivity index (χ4v) is 1.76. The van der Waals surface area contributed by atoms with Gasteiger partial charge in [0.15, 0.2) is 0 Å². The predicted molar refractivity (Wildman–Crippen MR) is 57.6 cm³/mol. The molecule has 4 heteroatoms. The Morgan fingerprint density at radius 2 is 2.12 bits per heavy atom. The first kappa shape index (κ1) is 11.1. The Morgan fingerprint density at radius 3 is 2.75 bits per heavy atom. The van der Waals surface area contributed by atoms with Crippen LogP contribution in [0.2, 0.25) is 0 Å². The monoisotopic (exact) mass is 223 g/mol. The lowest BCUT2D eigenvalue weighted by atomic mass is 10.0. The summed E-state index contributed by atoms with van der Waals surface area (Å²) in [5, 5.41) is 3.15. The Hall–Kier alpha value is -1.42. The number of carbonyl (C=O) groups excluding carboxylic acids is 1. The van der Waals surface area contributed by atoms with E-state index in [2.05, 4.69) is 5.32 Å². The van der Waals surface area contributed by atoms with E-state index in [1.54, 1.807) is 0 Å². The van der Waals surface area contributed by atoms with Crippen molar-refractivity contribution in [1.82, 2.24) is 5.32 Å². The summed E-state index contributed by atoms with van der Waals surface area (Å²) < 4.78 is 17.8. The minimum atomic E-state index is -0.334. The largest absolute Gasteiger partial charge is 0.426 e. The van der Waals surface area contributed by atoms with Gasteiger partial charge in [-0.15, -0.1) is 0 Å². The molecule has 0 aliphatic carbocycles. The van der Waals surface area contributed by atoms with E-state index in [1.807, 2.05) is 0 Å². The molecule has 16 heavy (non-hydrogen) atoms. The molecule has 0 amide bonds. The Morgan fingerprint density at radius 1 is 1.38 bits per heavy atom. The fraction of sp³-hybridized carbons (Fsp3) is 0.417. The van der Waals surface area contributed by atoms with Gasteiger partial charge < -0.3 is 10.1 Å². The third-order valence-corrected chi connectivity index (χ3v) is 2.66. The Labute approximate surface area is 93.6 Å². The Kier molecular flexibility index (Phi) is 3.51. The molecule has 3 nitrogen and oxygen atoms in total. The average Bonchev–Trinajstić information content (AvgIpc) is 2.33. The van der Waals surface area contributed by atoms with Crippen molar-refractivity contribution in [1.29, 1.82) is 0 Å². The quantitative estimate of drug-likeness (QED) is 0.613. The van der Waals surface area contributed by atoms with E-state index in [1.165, 1.54) is 24.3 Å². The van der Waals surface area contributed by atoms with Crippen LogP contribution in [0.5, 0.6) is 5.75 Å². The van der Waals surface area contributed by atoms with Crippen LogP contribution in [0, 0.1) is 11.7 Å². The number of benzene rings is 1. The molecule has 1 aliphatic heterocycles. The van der Waals surface area contributed by atoms with Gasteiger partial charge in [-0.2, -0.15) is 0 Å². The predicted octanol–water partition coefficient (Wildman–Crippen LogP) is 1.73. The van der Waals surface area contributed by atoms with E-state index < -0.39 is 0 Å². The second-order valence-electron chi connectivity index (χ2n) is 3.92. The van der Waals surface area contributed by atoms with Crippen molar-refractivity contribution in [2.24, 2.45) is 5.92 Å². The first-order chi connectivity index (χ1) is 7.75. The molecule has 1 aromatic carbocycles. The van der Waals surface area contributed by atoms with E-state index in [-0.39, 0.29) is 17.7 Å². The van der Waals surface area contributed by atoms with Gasteiger partial charge >= 0.3 is 5.97 Å². The maximum atomic E-state index is 12.6. The van der Waals surface area contributed by atoms with Crippen molar-refractivity contribution < 1.29 is 13.9 Å². The SMILES string of the molecule is O=C(Oc1ccc(F)cc1)C1CCCNC1. The number of rotatable bonds is 2. The molecule has 1 fully saturated rings. The van der Waals surface area contributed by atoms with Crippen LogP contribution in [0.15, 0.2) is 24.3 Å². The summed E-state index contributed by atoms with van der Waals surface area (Å²) in [5.41, 5.74) is 0. The summed E-state index contributed by atoms with van der Waals surface area (Å²) >= 11 is 0. The molecule has 1 N–H and O–H groups in total. The smallest absolute Gasteiger partial charge is 0.315 e. The highest BCUT2D eigenvalue weighted by molar-refractivity contribution is 5.75. The zero-order valence-electron chi connectivity index (χ0n) is 8.91. The van der Waals surface area contributed by atoms with Gasteiger partial charge in [0.1, 0.15) is 11.6 Å². The lowest BCUT2D eigenvalue weighted by molar-refractivity contribution is -0.139. The van der Waals surface area contributed by atoms with Gasteiger partial charge in [-0.3, -0.25) is 4.79 Å². The van der Waals surface area contributed by atoms with Crippen LogP contribution < -0.4 is 10.1 Å². The van der Waals surface area contributed by atoms with Gasteiger partial charge in [0.2, 0.25) is 0 Å². The highest BCUT2D eigenvalue weighted by Gasteiger charge is 2.22. The van der Waals surface area contributed by atoms with Gasteiger partial charge in [0.05, 0.1) is 5.92 Å². The molecule has 1 heterocycles. The van der Waals surface area contributed by atoms with Crippen LogP contribution in [-0.4, -0.2) is 19.1 Å². The number of esters is 1. The maximum absolute atomic E-state index is 12.6. The van der Waals surface area contributed by atoms with Crippen molar-refractivity contribution in [2.75, 3.05) is 13.1 Å². The molecular formula is C12H14FNO2. The van der Waals surface area contributed by atoms with Crippen LogP contribution in [0.3, 0.4) is 0 Å². The number of ether oxygens (including phenoxy) is 1. The van der Waals surface area contributed by atoms with Crippen molar-refractivity contribution >= 4 is 5.97 Å². The lowest BCUT2D eigenvalue weighted by Crippen LogP contribution is -2.36. The standard InChI is InChI=1S/C12H14FNO2/c13-10-3-5-11(6-4-10)16-12(15)9-2-1-7-14-8-9/h3-6,9,14H,1-2,7-8H2. The van der Waals surface area contributed by atoms with Crippen LogP contribution in [-0.2, 0) is 4.79 Å². The molecule has 0 spiro atoms. The van der Waals surface area contributed by atoms with Gasteiger partial charge in [-0.05, 0) is 43.7 Å². The van der Waals surface area contributed by atoms with E-state index >= 15 is 0 Å². The topological polar surface area (TPSA) is 38.3 Å². The normalized spacial score (nSPS) is 20.4. The number of hydrogen-bond acceptors (Lipinski definition) is 3. The molecule has 0 aromatic heterocycles. The number of nitrogens with one attached hydrogen (secondary N) is 1. The fourth-order valence-electron chi connectivity index (χ4n) is 1.76. The van der Waals surface area contributed by atoms with Gasteiger partial charge in [-0.1, -0.05) is 0 Å². The summed E-state index contributed by atoms with van der Waals surface area (Å²) in [5.74, 6) is -0.256. The molecule has 1 aromatic rings. The molecule has 0 radical (unpaired) electrons. The molecule has 2 rings (SSSR count).